The third kappa shape index (κ3) is 2.94. The summed E-state index contributed by atoms with van der Waals surface area (Å²) < 4.78 is 2.40. The molecule has 0 aliphatic carbocycles. The summed E-state index contributed by atoms with van der Waals surface area (Å²) >= 11 is 4.79. The summed E-state index contributed by atoms with van der Waals surface area (Å²) in [6.45, 7) is 5.81. The fraction of sp³-hybridized carbons (Fsp3) is 0.167. The predicted molar refractivity (Wildman–Crippen MR) is 79.1 cm³/mol. The van der Waals surface area contributed by atoms with E-state index >= 15 is 0 Å². The highest BCUT2D eigenvalue weighted by atomic mass is 79.9. The second kappa shape index (κ2) is 5.58. The van der Waals surface area contributed by atoms with Gasteiger partial charge in [-0.2, -0.15) is 0 Å². The van der Waals surface area contributed by atoms with E-state index in [1.165, 1.54) is 22.0 Å². The van der Waals surface area contributed by atoms with Crippen LogP contribution in [0.25, 0.3) is 11.4 Å². The summed E-state index contributed by atoms with van der Waals surface area (Å²) in [6.07, 6.45) is 0. The summed E-state index contributed by atoms with van der Waals surface area (Å²) in [5.74, 6) is 7.36. The number of thioether (sulfide) groups is 1. The van der Waals surface area contributed by atoms with Crippen molar-refractivity contribution < 1.29 is 0 Å². The third-order valence-electron chi connectivity index (χ3n) is 2.33. The van der Waals surface area contributed by atoms with Crippen LogP contribution in [-0.4, -0.2) is 20.6 Å². The van der Waals surface area contributed by atoms with Gasteiger partial charge in [0.1, 0.15) is 0 Å². The van der Waals surface area contributed by atoms with Crippen molar-refractivity contribution in [2.75, 3.05) is 11.6 Å². The van der Waals surface area contributed by atoms with E-state index in [4.69, 9.17) is 5.84 Å². The van der Waals surface area contributed by atoms with Crippen LogP contribution in [0.2, 0.25) is 0 Å². The molecule has 0 radical (unpaired) electrons. The molecular formula is C12H13BrN4S. The molecule has 2 rings (SSSR count). The summed E-state index contributed by atoms with van der Waals surface area (Å²) in [5.41, 5.74) is 2.16. The van der Waals surface area contributed by atoms with Crippen LogP contribution in [0.15, 0.2) is 40.5 Å². The number of aryl methyl sites for hydroxylation is 1. The first-order valence-corrected chi connectivity index (χ1v) is 7.09. The van der Waals surface area contributed by atoms with Crippen molar-refractivity contribution in [1.82, 2.24) is 14.9 Å². The van der Waals surface area contributed by atoms with Crippen LogP contribution in [-0.2, 0) is 0 Å². The molecule has 18 heavy (non-hydrogen) atoms. The Morgan fingerprint density at radius 2 is 2.06 bits per heavy atom. The molecule has 0 saturated carbocycles. The van der Waals surface area contributed by atoms with Gasteiger partial charge in [-0.15, -0.1) is 10.2 Å². The smallest absolute Gasteiger partial charge is 0.210 e. The molecule has 0 spiro atoms. The number of aromatic nitrogens is 3. The first kappa shape index (κ1) is 13.2. The highest BCUT2D eigenvalue weighted by Gasteiger charge is 2.11. The van der Waals surface area contributed by atoms with Crippen LogP contribution in [0.1, 0.15) is 5.56 Å². The zero-order valence-electron chi connectivity index (χ0n) is 9.93. The maximum absolute atomic E-state index is 5.99. The summed E-state index contributed by atoms with van der Waals surface area (Å²) in [4.78, 5) is 0. The minimum absolute atomic E-state index is 0.665. The molecule has 1 aromatic carbocycles. The first-order chi connectivity index (χ1) is 8.58. The van der Waals surface area contributed by atoms with Crippen molar-refractivity contribution in [2.24, 2.45) is 0 Å². The van der Waals surface area contributed by atoms with Gasteiger partial charge in [0.05, 0.1) is 0 Å². The number of hydrogen-bond acceptors (Lipinski definition) is 4. The topological polar surface area (TPSA) is 56.7 Å². The molecule has 2 N–H and O–H groups in total. The van der Waals surface area contributed by atoms with Gasteiger partial charge in [-0.1, -0.05) is 64.1 Å². The fourth-order valence-electron chi connectivity index (χ4n) is 1.42. The Hall–Kier alpha value is -1.27. The lowest BCUT2D eigenvalue weighted by molar-refractivity contribution is 0.851. The van der Waals surface area contributed by atoms with Crippen LogP contribution in [0.5, 0.6) is 0 Å². The molecule has 0 atom stereocenters. The molecule has 0 unspecified atom stereocenters. The van der Waals surface area contributed by atoms with Crippen LogP contribution in [0.3, 0.4) is 0 Å². The Morgan fingerprint density at radius 3 is 2.67 bits per heavy atom. The van der Waals surface area contributed by atoms with Gasteiger partial charge in [-0.05, 0) is 11.4 Å². The van der Waals surface area contributed by atoms with Gasteiger partial charge < -0.3 is 5.84 Å². The van der Waals surface area contributed by atoms with E-state index in [1.807, 2.05) is 31.2 Å². The molecule has 1 heterocycles. The van der Waals surface area contributed by atoms with E-state index < -0.39 is 0 Å². The number of nitrogen functional groups attached to an aromatic ring is 1. The lowest BCUT2D eigenvalue weighted by Crippen LogP contribution is -2.11. The van der Waals surface area contributed by atoms with Gasteiger partial charge in [-0.25, -0.2) is 4.68 Å². The molecular weight excluding hydrogens is 312 g/mol. The van der Waals surface area contributed by atoms with Crippen LogP contribution < -0.4 is 5.84 Å². The Bertz CT molecular complexity index is 562. The summed E-state index contributed by atoms with van der Waals surface area (Å²) in [7, 11) is 0. The monoisotopic (exact) mass is 324 g/mol. The van der Waals surface area contributed by atoms with E-state index in [0.29, 0.717) is 16.7 Å². The molecule has 0 fully saturated rings. The Balaban J connectivity index is 2.25. The van der Waals surface area contributed by atoms with Crippen molar-refractivity contribution >= 4 is 27.7 Å². The molecule has 4 nitrogen and oxygen atoms in total. The normalized spacial score (nSPS) is 10.6. The largest absolute Gasteiger partial charge is 0.335 e. The predicted octanol–water partition coefficient (Wildman–Crippen LogP) is 2.97. The van der Waals surface area contributed by atoms with E-state index in [0.717, 1.165) is 10.0 Å². The number of nitrogens with zero attached hydrogens (tertiary/aromatic N) is 3. The fourth-order valence-corrected chi connectivity index (χ4v) is 2.37. The minimum atomic E-state index is 0.665. The second-order valence-electron chi connectivity index (χ2n) is 3.85. The van der Waals surface area contributed by atoms with Gasteiger partial charge in [0.2, 0.25) is 5.16 Å². The minimum Gasteiger partial charge on any atom is -0.335 e. The van der Waals surface area contributed by atoms with Crippen molar-refractivity contribution in [2.45, 2.75) is 12.1 Å². The average molecular weight is 325 g/mol. The van der Waals surface area contributed by atoms with Crippen molar-refractivity contribution in [3.63, 3.8) is 0 Å². The molecule has 94 valence electrons. The van der Waals surface area contributed by atoms with Gasteiger partial charge in [0.15, 0.2) is 5.82 Å². The molecule has 0 aliphatic rings. The number of nitrogens with two attached hydrogens (primary N) is 1. The van der Waals surface area contributed by atoms with E-state index in [2.05, 4.69) is 32.7 Å². The SMILES string of the molecule is C=C(Br)CSc1nnc(-c2ccc(C)cc2)n1N. The maximum Gasteiger partial charge on any atom is 0.210 e. The first-order valence-electron chi connectivity index (χ1n) is 5.31. The Kier molecular flexibility index (Phi) is 4.08. The van der Waals surface area contributed by atoms with E-state index in [9.17, 15) is 0 Å². The van der Waals surface area contributed by atoms with E-state index in [-0.39, 0.29) is 0 Å². The van der Waals surface area contributed by atoms with Gasteiger partial charge >= 0.3 is 0 Å². The molecule has 2 aromatic rings. The molecule has 6 heteroatoms. The average Bonchev–Trinajstić information content (AvgIpc) is 2.69. The number of benzene rings is 1. The zero-order chi connectivity index (χ0) is 13.1. The Morgan fingerprint density at radius 1 is 1.39 bits per heavy atom. The number of rotatable bonds is 4. The highest BCUT2D eigenvalue weighted by Crippen LogP contribution is 2.23. The van der Waals surface area contributed by atoms with Crippen LogP contribution >= 0.6 is 27.7 Å². The maximum atomic E-state index is 5.99. The standard InChI is InChI=1S/C12H13BrN4S/c1-8-3-5-10(6-4-8)11-15-16-12(17(11)14)18-7-9(2)13/h3-6H,2,7,14H2,1H3. The molecule has 0 bridgehead atoms. The zero-order valence-corrected chi connectivity index (χ0v) is 12.3. The van der Waals surface area contributed by atoms with Crippen molar-refractivity contribution in [1.29, 1.82) is 0 Å². The lowest BCUT2D eigenvalue weighted by atomic mass is 10.1. The van der Waals surface area contributed by atoms with Gasteiger partial charge in [0.25, 0.3) is 0 Å². The number of hydrogen-bond donors (Lipinski definition) is 1. The van der Waals surface area contributed by atoms with Gasteiger partial charge in [-0.3, -0.25) is 0 Å². The van der Waals surface area contributed by atoms with Crippen LogP contribution in [0, 0.1) is 6.92 Å². The molecule has 0 amide bonds. The highest BCUT2D eigenvalue weighted by molar-refractivity contribution is 9.11. The lowest BCUT2D eigenvalue weighted by Gasteiger charge is -2.03. The summed E-state index contributed by atoms with van der Waals surface area (Å²) in [5, 5.41) is 8.86. The van der Waals surface area contributed by atoms with Crippen LogP contribution in [0.4, 0.5) is 0 Å². The molecule has 0 saturated heterocycles. The third-order valence-corrected chi connectivity index (χ3v) is 4.01. The van der Waals surface area contributed by atoms with Gasteiger partial charge in [0, 0.05) is 11.3 Å². The summed E-state index contributed by atoms with van der Waals surface area (Å²) in [6, 6.07) is 8.02. The quantitative estimate of drug-likeness (QED) is 0.694. The molecule has 0 aliphatic heterocycles. The number of halogens is 1. The Labute approximate surface area is 118 Å². The van der Waals surface area contributed by atoms with Crippen molar-refractivity contribution in [3.8, 4) is 11.4 Å². The second-order valence-corrected chi connectivity index (χ2v) is 5.91. The molecule has 1 aromatic heterocycles. The van der Waals surface area contributed by atoms with E-state index in [1.54, 1.807) is 0 Å². The van der Waals surface area contributed by atoms with Crippen molar-refractivity contribution in [3.05, 3.63) is 40.9 Å².